The fraction of sp³-hybridized carbons (Fsp3) is 0.438. The molecule has 5 heteroatoms. The maximum atomic E-state index is 12.0. The van der Waals surface area contributed by atoms with E-state index in [4.69, 9.17) is 5.11 Å². The first kappa shape index (κ1) is 16.9. The number of hydrogen-bond acceptors (Lipinski definition) is 3. The molecule has 0 aliphatic heterocycles. The van der Waals surface area contributed by atoms with Gasteiger partial charge in [-0.2, -0.15) is 0 Å². The molecule has 1 heterocycles. The van der Waals surface area contributed by atoms with Gasteiger partial charge in [0.25, 0.3) is 5.91 Å². The molecule has 1 amide bonds. The largest absolute Gasteiger partial charge is 0.478 e. The molecule has 2 N–H and O–H groups in total. The van der Waals surface area contributed by atoms with Gasteiger partial charge in [-0.1, -0.05) is 32.3 Å². The van der Waals surface area contributed by atoms with Crippen molar-refractivity contribution in [2.75, 3.05) is 0 Å². The van der Waals surface area contributed by atoms with Crippen molar-refractivity contribution in [2.24, 2.45) is 0 Å². The number of carbonyl (C=O) groups is 2. The number of carbonyl (C=O) groups excluding carboxylic acids is 1. The molecule has 1 aromatic heterocycles. The summed E-state index contributed by atoms with van der Waals surface area (Å²) < 4.78 is 0. The van der Waals surface area contributed by atoms with Crippen molar-refractivity contribution >= 4 is 18.0 Å². The standard InChI is InChI=1S/C16H22N2O3/c1-3-4-5-6-12(2)18-16(21)14-9-7-13(11-17-14)8-10-15(19)20/h7-12H,3-6H2,1-2H3,(H,18,21)(H,19,20). The molecule has 114 valence electrons. The fourth-order valence-corrected chi connectivity index (χ4v) is 1.88. The Bertz CT molecular complexity index is 495. The summed E-state index contributed by atoms with van der Waals surface area (Å²) in [4.78, 5) is 26.4. The lowest BCUT2D eigenvalue weighted by atomic mass is 10.1. The maximum Gasteiger partial charge on any atom is 0.328 e. The first-order valence-electron chi connectivity index (χ1n) is 7.21. The number of unbranched alkanes of at least 4 members (excludes halogenated alkanes) is 2. The molecule has 1 atom stereocenters. The zero-order valence-electron chi connectivity index (χ0n) is 12.5. The Kier molecular flexibility index (Phi) is 7.15. The van der Waals surface area contributed by atoms with Gasteiger partial charge in [0, 0.05) is 18.3 Å². The van der Waals surface area contributed by atoms with Gasteiger partial charge in [0.15, 0.2) is 0 Å². The summed E-state index contributed by atoms with van der Waals surface area (Å²) in [7, 11) is 0. The third-order valence-corrected chi connectivity index (χ3v) is 3.06. The number of pyridine rings is 1. The van der Waals surface area contributed by atoms with Crippen LogP contribution >= 0.6 is 0 Å². The van der Waals surface area contributed by atoms with Crippen molar-refractivity contribution in [1.82, 2.24) is 10.3 Å². The van der Waals surface area contributed by atoms with Crippen LogP contribution in [0.5, 0.6) is 0 Å². The van der Waals surface area contributed by atoms with E-state index < -0.39 is 5.97 Å². The van der Waals surface area contributed by atoms with Crippen LogP contribution in [0.3, 0.4) is 0 Å². The van der Waals surface area contributed by atoms with E-state index in [0.29, 0.717) is 11.3 Å². The van der Waals surface area contributed by atoms with Crippen molar-refractivity contribution in [1.29, 1.82) is 0 Å². The van der Waals surface area contributed by atoms with Gasteiger partial charge in [0.05, 0.1) is 0 Å². The van der Waals surface area contributed by atoms with Crippen LogP contribution in [0.15, 0.2) is 24.4 Å². The van der Waals surface area contributed by atoms with Crippen LogP contribution in [0.4, 0.5) is 0 Å². The molecule has 0 spiro atoms. The highest BCUT2D eigenvalue weighted by Crippen LogP contribution is 2.06. The smallest absolute Gasteiger partial charge is 0.328 e. The average Bonchev–Trinajstić information content (AvgIpc) is 2.45. The first-order valence-corrected chi connectivity index (χ1v) is 7.21. The highest BCUT2D eigenvalue weighted by Gasteiger charge is 2.10. The monoisotopic (exact) mass is 290 g/mol. The molecule has 1 unspecified atom stereocenters. The first-order chi connectivity index (χ1) is 10.0. The predicted octanol–water partition coefficient (Wildman–Crippen LogP) is 2.88. The summed E-state index contributed by atoms with van der Waals surface area (Å²) in [6.45, 7) is 4.13. The van der Waals surface area contributed by atoms with Gasteiger partial charge >= 0.3 is 5.97 Å². The average molecular weight is 290 g/mol. The van der Waals surface area contributed by atoms with Crippen LogP contribution in [0.25, 0.3) is 6.08 Å². The van der Waals surface area contributed by atoms with Crippen LogP contribution in [0, 0.1) is 0 Å². The highest BCUT2D eigenvalue weighted by molar-refractivity contribution is 5.92. The molecule has 0 aliphatic carbocycles. The number of aliphatic carboxylic acids is 1. The summed E-state index contributed by atoms with van der Waals surface area (Å²) in [6, 6.07) is 3.39. The van der Waals surface area contributed by atoms with Crippen molar-refractivity contribution < 1.29 is 14.7 Å². The summed E-state index contributed by atoms with van der Waals surface area (Å²) in [5, 5.41) is 11.4. The molecule has 0 aromatic carbocycles. The molecular weight excluding hydrogens is 268 g/mol. The van der Waals surface area contributed by atoms with Crippen LogP contribution in [-0.4, -0.2) is 28.0 Å². The number of carboxylic acids is 1. The lowest BCUT2D eigenvalue weighted by Crippen LogP contribution is -2.33. The van der Waals surface area contributed by atoms with Crippen molar-refractivity contribution in [3.63, 3.8) is 0 Å². The van der Waals surface area contributed by atoms with E-state index in [9.17, 15) is 9.59 Å². The lowest BCUT2D eigenvalue weighted by Gasteiger charge is -2.13. The number of carboxylic acid groups (broad SMARTS) is 1. The van der Waals surface area contributed by atoms with Crippen LogP contribution in [0.1, 0.15) is 55.6 Å². The number of aromatic nitrogens is 1. The Morgan fingerprint density at radius 1 is 1.38 bits per heavy atom. The van der Waals surface area contributed by atoms with Gasteiger partial charge in [0.2, 0.25) is 0 Å². The number of hydrogen-bond donors (Lipinski definition) is 2. The molecule has 1 aromatic rings. The van der Waals surface area contributed by atoms with E-state index in [2.05, 4.69) is 17.2 Å². The third kappa shape index (κ3) is 6.70. The SMILES string of the molecule is CCCCCC(C)NC(=O)c1ccc(C=CC(=O)O)cn1. The van der Waals surface area contributed by atoms with Gasteiger partial charge in [0.1, 0.15) is 5.69 Å². The summed E-state index contributed by atoms with van der Waals surface area (Å²) in [5.41, 5.74) is 0.981. The molecule has 0 radical (unpaired) electrons. The molecule has 0 aliphatic rings. The normalized spacial score (nSPS) is 12.3. The van der Waals surface area contributed by atoms with Crippen molar-refractivity contribution in [2.45, 2.75) is 45.6 Å². The van der Waals surface area contributed by atoms with Gasteiger partial charge in [-0.15, -0.1) is 0 Å². The third-order valence-electron chi connectivity index (χ3n) is 3.06. The number of nitrogens with zero attached hydrogens (tertiary/aromatic N) is 1. The Morgan fingerprint density at radius 3 is 2.71 bits per heavy atom. The molecule has 0 fully saturated rings. The zero-order chi connectivity index (χ0) is 15.7. The van der Waals surface area contributed by atoms with Crippen LogP contribution in [-0.2, 0) is 4.79 Å². The topological polar surface area (TPSA) is 79.3 Å². The zero-order valence-corrected chi connectivity index (χ0v) is 12.5. The van der Waals surface area contributed by atoms with E-state index in [1.165, 1.54) is 18.7 Å². The van der Waals surface area contributed by atoms with Crippen molar-refractivity contribution in [3.8, 4) is 0 Å². The second-order valence-electron chi connectivity index (χ2n) is 5.02. The van der Waals surface area contributed by atoms with E-state index in [0.717, 1.165) is 25.3 Å². The second kappa shape index (κ2) is 8.89. The summed E-state index contributed by atoms with van der Waals surface area (Å²) >= 11 is 0. The minimum atomic E-state index is -1.02. The molecule has 0 bridgehead atoms. The Hall–Kier alpha value is -2.17. The minimum Gasteiger partial charge on any atom is -0.478 e. The molecule has 5 nitrogen and oxygen atoms in total. The van der Waals surface area contributed by atoms with Crippen molar-refractivity contribution in [3.05, 3.63) is 35.7 Å². The quantitative estimate of drug-likeness (QED) is 0.570. The second-order valence-corrected chi connectivity index (χ2v) is 5.02. The fourth-order valence-electron chi connectivity index (χ4n) is 1.88. The van der Waals surface area contributed by atoms with E-state index >= 15 is 0 Å². The summed E-state index contributed by atoms with van der Waals surface area (Å²) in [6.07, 6.45) is 8.34. The number of nitrogens with one attached hydrogen (secondary N) is 1. The van der Waals surface area contributed by atoms with Gasteiger partial charge in [-0.25, -0.2) is 4.79 Å². The Morgan fingerprint density at radius 2 is 2.14 bits per heavy atom. The molecule has 0 saturated carbocycles. The van der Waals surface area contributed by atoms with Gasteiger partial charge in [-0.3, -0.25) is 9.78 Å². The van der Waals surface area contributed by atoms with Gasteiger partial charge in [-0.05, 0) is 31.1 Å². The molecule has 1 rings (SSSR count). The van der Waals surface area contributed by atoms with Crippen LogP contribution in [0.2, 0.25) is 0 Å². The number of amides is 1. The van der Waals surface area contributed by atoms with E-state index in [1.807, 2.05) is 6.92 Å². The summed E-state index contributed by atoms with van der Waals surface area (Å²) in [5.74, 6) is -1.22. The van der Waals surface area contributed by atoms with E-state index in [-0.39, 0.29) is 11.9 Å². The Labute approximate surface area is 125 Å². The van der Waals surface area contributed by atoms with Crippen LogP contribution < -0.4 is 5.32 Å². The van der Waals surface area contributed by atoms with E-state index in [1.54, 1.807) is 12.1 Å². The van der Waals surface area contributed by atoms with Gasteiger partial charge < -0.3 is 10.4 Å². The molecule has 0 saturated heterocycles. The highest BCUT2D eigenvalue weighted by atomic mass is 16.4. The number of rotatable bonds is 8. The predicted molar refractivity (Wildman–Crippen MR) is 82.0 cm³/mol. The Balaban J connectivity index is 2.53. The molecular formula is C16H22N2O3. The minimum absolute atomic E-state index is 0.123. The molecule has 21 heavy (non-hydrogen) atoms. The maximum absolute atomic E-state index is 12.0. The lowest BCUT2D eigenvalue weighted by molar-refractivity contribution is -0.131.